The second kappa shape index (κ2) is 5.51. The van der Waals surface area contributed by atoms with Crippen molar-refractivity contribution in [2.45, 2.75) is 19.8 Å². The maximum atomic E-state index is 12.8. The third-order valence-corrected chi connectivity index (χ3v) is 6.53. The lowest BCUT2D eigenvalue weighted by molar-refractivity contribution is 0.592. The van der Waals surface area contributed by atoms with Crippen LogP contribution in [0.2, 0.25) is 0 Å². The Labute approximate surface area is 145 Å². The van der Waals surface area contributed by atoms with Crippen LogP contribution in [-0.4, -0.2) is 17.4 Å². The molecular formula is C14H12BrIN2O2S. The number of hydrogen-bond acceptors (Lipinski definition) is 3. The third-order valence-electron chi connectivity index (χ3n) is 3.44. The normalized spacial score (nSPS) is 16.0. The van der Waals surface area contributed by atoms with Crippen molar-refractivity contribution in [3.8, 4) is 0 Å². The first-order valence-corrected chi connectivity index (χ1v) is 9.65. The lowest BCUT2D eigenvalue weighted by atomic mass is 10.1. The minimum absolute atomic E-state index is 0.436. The van der Waals surface area contributed by atoms with Crippen molar-refractivity contribution in [2.24, 2.45) is 0 Å². The van der Waals surface area contributed by atoms with Crippen LogP contribution in [0.3, 0.4) is 0 Å². The fraction of sp³-hybridized carbons (Fsp3) is 0.214. The third kappa shape index (κ3) is 2.70. The lowest BCUT2D eigenvalue weighted by Gasteiger charge is -2.14. The summed E-state index contributed by atoms with van der Waals surface area (Å²) in [4.78, 5) is 4.70. The molecule has 0 radical (unpaired) electrons. The molecule has 0 bridgehead atoms. The smallest absolute Gasteiger partial charge is 0.236 e. The number of nitrogens with zero attached hydrogens (tertiary/aromatic N) is 2. The van der Waals surface area contributed by atoms with E-state index < -0.39 is 10.0 Å². The van der Waals surface area contributed by atoms with Gasteiger partial charge in [0.05, 0.1) is 4.91 Å². The van der Waals surface area contributed by atoms with Gasteiger partial charge < -0.3 is 0 Å². The number of hydrogen-bond donors (Lipinski definition) is 0. The highest BCUT2D eigenvalue weighted by Gasteiger charge is 2.24. The van der Waals surface area contributed by atoms with Crippen molar-refractivity contribution in [1.82, 2.24) is 8.96 Å². The summed E-state index contributed by atoms with van der Waals surface area (Å²) in [6.45, 7) is 2.01. The van der Waals surface area contributed by atoms with Gasteiger partial charge in [0.1, 0.15) is 0 Å². The second-order valence-electron chi connectivity index (χ2n) is 4.95. The van der Waals surface area contributed by atoms with Crippen molar-refractivity contribution in [2.75, 3.05) is 0 Å². The molecule has 0 saturated heterocycles. The molecule has 0 saturated carbocycles. The van der Waals surface area contributed by atoms with Crippen LogP contribution in [0, 0.1) is 3.57 Å². The lowest BCUT2D eigenvalue weighted by Crippen LogP contribution is -2.15. The van der Waals surface area contributed by atoms with Crippen LogP contribution in [0.25, 0.3) is 11.0 Å². The maximum absolute atomic E-state index is 12.8. The predicted molar refractivity (Wildman–Crippen MR) is 95.5 cm³/mol. The second-order valence-corrected chi connectivity index (χ2v) is 8.89. The van der Waals surface area contributed by atoms with E-state index in [2.05, 4.69) is 43.5 Å². The molecule has 1 aliphatic rings. The molecule has 1 aliphatic carbocycles. The molecule has 0 aliphatic heterocycles. The van der Waals surface area contributed by atoms with Crippen molar-refractivity contribution in [1.29, 1.82) is 0 Å². The molecule has 0 aromatic carbocycles. The number of allylic oxidation sites excluding steroid dienone is 4. The number of pyridine rings is 1. The van der Waals surface area contributed by atoms with Crippen LogP contribution < -0.4 is 0 Å². The van der Waals surface area contributed by atoms with Gasteiger partial charge >= 0.3 is 0 Å². The van der Waals surface area contributed by atoms with Crippen LogP contribution >= 0.6 is 38.5 Å². The monoisotopic (exact) mass is 478 g/mol. The van der Waals surface area contributed by atoms with E-state index in [0.29, 0.717) is 17.0 Å². The molecule has 7 heteroatoms. The van der Waals surface area contributed by atoms with E-state index in [1.165, 1.54) is 9.55 Å². The molecule has 4 nitrogen and oxygen atoms in total. The Bertz CT molecular complexity index is 897. The van der Waals surface area contributed by atoms with Gasteiger partial charge in [-0.05, 0) is 70.4 Å². The van der Waals surface area contributed by atoms with E-state index in [0.717, 1.165) is 19.8 Å². The van der Waals surface area contributed by atoms with Crippen LogP contribution in [0.4, 0.5) is 0 Å². The molecule has 2 aromatic rings. The number of aromatic nitrogens is 2. The molecule has 0 amide bonds. The van der Waals surface area contributed by atoms with Gasteiger partial charge in [0, 0.05) is 25.8 Å². The molecule has 3 rings (SSSR count). The predicted octanol–water partition coefficient (Wildman–Crippen LogP) is 4.21. The fourth-order valence-corrected chi connectivity index (χ4v) is 4.93. The van der Waals surface area contributed by atoms with E-state index in [1.807, 2.05) is 19.1 Å². The average Bonchev–Trinajstić information content (AvgIpc) is 2.77. The minimum Gasteiger partial charge on any atom is -0.236 e. The summed E-state index contributed by atoms with van der Waals surface area (Å²) in [5.41, 5.74) is 1.66. The van der Waals surface area contributed by atoms with E-state index in [4.69, 9.17) is 0 Å². The number of fused-ring (bicyclic) bond motifs is 1. The first kappa shape index (κ1) is 15.2. The Morgan fingerprint density at radius 2 is 2.10 bits per heavy atom. The summed E-state index contributed by atoms with van der Waals surface area (Å²) in [5.74, 6) is 0. The van der Waals surface area contributed by atoms with E-state index in [9.17, 15) is 8.42 Å². The minimum atomic E-state index is -3.55. The van der Waals surface area contributed by atoms with E-state index in [1.54, 1.807) is 18.5 Å². The van der Waals surface area contributed by atoms with Gasteiger partial charge in [-0.2, -0.15) is 0 Å². The highest BCUT2D eigenvalue weighted by Crippen LogP contribution is 2.30. The molecule has 0 fully saturated rings. The first-order chi connectivity index (χ1) is 9.89. The van der Waals surface area contributed by atoms with Gasteiger partial charge in [0.15, 0.2) is 5.65 Å². The zero-order valence-corrected chi connectivity index (χ0v) is 15.7. The molecule has 0 spiro atoms. The Kier molecular flexibility index (Phi) is 4.00. The Hall–Kier alpha value is -0.670. The summed E-state index contributed by atoms with van der Waals surface area (Å²) in [7, 11) is -3.55. The van der Waals surface area contributed by atoms with Crippen LogP contribution in [0.15, 0.2) is 45.6 Å². The first-order valence-electron chi connectivity index (χ1n) is 6.33. The quantitative estimate of drug-likeness (QED) is 0.607. The van der Waals surface area contributed by atoms with Crippen molar-refractivity contribution < 1.29 is 8.42 Å². The molecule has 21 heavy (non-hydrogen) atoms. The topological polar surface area (TPSA) is 52.0 Å². The SMILES string of the molecule is CC1=CC=C(S(=O)(=O)n2cc(I)c3cc(Br)cnc32)CC1. The Balaban J connectivity index is 2.21. The Morgan fingerprint density at radius 1 is 1.33 bits per heavy atom. The molecule has 2 aromatic heterocycles. The van der Waals surface area contributed by atoms with E-state index >= 15 is 0 Å². The van der Waals surface area contributed by atoms with Crippen LogP contribution in [0.5, 0.6) is 0 Å². The summed E-state index contributed by atoms with van der Waals surface area (Å²) < 4.78 is 28.6. The zero-order chi connectivity index (χ0) is 15.2. The standard InChI is InChI=1S/C14H12BrIN2O2S/c1-9-2-4-11(5-3-9)21(19,20)18-8-13(16)12-6-10(15)7-17-14(12)18/h2,4,6-8H,3,5H2,1H3. The largest absolute Gasteiger partial charge is 0.265 e. The van der Waals surface area contributed by atoms with Gasteiger partial charge in [-0.15, -0.1) is 0 Å². The van der Waals surface area contributed by atoms with Gasteiger partial charge in [-0.25, -0.2) is 17.4 Å². The van der Waals surface area contributed by atoms with Crippen LogP contribution in [-0.2, 0) is 10.0 Å². The maximum Gasteiger partial charge on any atom is 0.265 e. The summed E-state index contributed by atoms with van der Waals surface area (Å²) >= 11 is 5.50. The summed E-state index contributed by atoms with van der Waals surface area (Å²) in [6, 6.07) is 1.88. The number of rotatable bonds is 2. The van der Waals surface area contributed by atoms with Crippen LogP contribution in [0.1, 0.15) is 19.8 Å². The molecule has 0 N–H and O–H groups in total. The summed E-state index contributed by atoms with van der Waals surface area (Å²) in [5, 5.41) is 0.830. The molecule has 0 atom stereocenters. The van der Waals surface area contributed by atoms with Gasteiger partial charge in [0.25, 0.3) is 10.0 Å². The molecule has 110 valence electrons. The molecule has 0 unspecified atom stereocenters. The molecular weight excluding hydrogens is 467 g/mol. The highest BCUT2D eigenvalue weighted by atomic mass is 127. The Morgan fingerprint density at radius 3 is 2.76 bits per heavy atom. The fourth-order valence-electron chi connectivity index (χ4n) is 2.26. The van der Waals surface area contributed by atoms with E-state index in [-0.39, 0.29) is 0 Å². The highest BCUT2D eigenvalue weighted by molar-refractivity contribution is 14.1. The van der Waals surface area contributed by atoms with Gasteiger partial charge in [-0.1, -0.05) is 11.6 Å². The van der Waals surface area contributed by atoms with Crippen molar-refractivity contribution in [3.63, 3.8) is 0 Å². The van der Waals surface area contributed by atoms with Gasteiger partial charge in [0.2, 0.25) is 0 Å². The average molecular weight is 479 g/mol. The van der Waals surface area contributed by atoms with Crippen molar-refractivity contribution in [3.05, 3.63) is 49.1 Å². The zero-order valence-electron chi connectivity index (χ0n) is 11.2. The van der Waals surface area contributed by atoms with Crippen molar-refractivity contribution >= 4 is 59.6 Å². The van der Waals surface area contributed by atoms with Gasteiger partial charge in [-0.3, -0.25) is 0 Å². The molecule has 2 heterocycles. The number of halogens is 2. The summed E-state index contributed by atoms with van der Waals surface area (Å²) in [6.07, 6.45) is 8.14.